The SMILES string of the molecule is C[C](C)(C)[Ge][C](C)(C)C.O.O. The van der Waals surface area contributed by atoms with Crippen molar-refractivity contribution >= 4 is 15.4 Å². The fourth-order valence-corrected chi connectivity index (χ4v) is 5.85. The van der Waals surface area contributed by atoms with Gasteiger partial charge in [-0.1, -0.05) is 0 Å². The molecule has 0 heterocycles. The average molecular weight is 223 g/mol. The topological polar surface area (TPSA) is 63.0 Å². The molecular weight excluding hydrogens is 201 g/mol. The van der Waals surface area contributed by atoms with Gasteiger partial charge < -0.3 is 11.0 Å². The first kappa shape index (κ1) is 17.5. The van der Waals surface area contributed by atoms with Crippen molar-refractivity contribution in [2.75, 3.05) is 0 Å². The Kier molecular flexibility index (Phi) is 8.23. The van der Waals surface area contributed by atoms with Gasteiger partial charge in [-0.15, -0.1) is 0 Å². The van der Waals surface area contributed by atoms with Crippen LogP contribution in [0.15, 0.2) is 0 Å². The Balaban J connectivity index is -0.000000320. The van der Waals surface area contributed by atoms with Gasteiger partial charge in [0.2, 0.25) is 0 Å². The Morgan fingerprint density at radius 2 is 0.818 bits per heavy atom. The predicted octanol–water partition coefficient (Wildman–Crippen LogP) is 1.48. The molecule has 0 aromatic carbocycles. The van der Waals surface area contributed by atoms with Crippen molar-refractivity contribution in [1.82, 2.24) is 0 Å². The van der Waals surface area contributed by atoms with Crippen LogP contribution in [0.25, 0.3) is 0 Å². The Morgan fingerprint density at radius 3 is 0.818 bits per heavy atom. The zero-order chi connectivity index (χ0) is 7.71. The van der Waals surface area contributed by atoms with E-state index in [0.717, 1.165) is 0 Å². The summed E-state index contributed by atoms with van der Waals surface area (Å²) in [6.45, 7) is 14.1. The summed E-state index contributed by atoms with van der Waals surface area (Å²) in [4.78, 5) is 0. The maximum atomic E-state index is 2.35. The molecule has 0 unspecified atom stereocenters. The van der Waals surface area contributed by atoms with Gasteiger partial charge in [-0.25, -0.2) is 0 Å². The van der Waals surface area contributed by atoms with Gasteiger partial charge in [0.25, 0.3) is 0 Å². The molecule has 0 atom stereocenters. The summed E-state index contributed by atoms with van der Waals surface area (Å²) in [6, 6.07) is 0. The minimum absolute atomic E-state index is 0. The molecule has 0 saturated heterocycles. The largest absolute Gasteiger partial charge is 0.412 e. The summed E-state index contributed by atoms with van der Waals surface area (Å²) >= 11 is 0.208. The maximum Gasteiger partial charge on any atom is -0.412 e. The van der Waals surface area contributed by atoms with Crippen LogP contribution in [0.4, 0.5) is 0 Å². The molecule has 0 bridgehead atoms. The summed E-state index contributed by atoms with van der Waals surface area (Å²) in [5.41, 5.74) is 0. The standard InChI is InChI=1S/C8H18Ge.2H2O/c1-7(2,3)9-8(4,5)6;;/h1-6H3;2*1H2. The molecule has 2 radical (unpaired) electrons. The average Bonchev–Trinajstić information content (AvgIpc) is 1.14. The minimum Gasteiger partial charge on any atom is -0.412 e. The normalized spacial score (nSPS) is 11.5. The number of hydrogen-bond donors (Lipinski definition) is 0. The van der Waals surface area contributed by atoms with Crippen molar-refractivity contribution in [2.24, 2.45) is 0 Å². The van der Waals surface area contributed by atoms with Gasteiger partial charge >= 0.3 is 65.5 Å². The van der Waals surface area contributed by atoms with Crippen LogP contribution in [0.5, 0.6) is 0 Å². The van der Waals surface area contributed by atoms with Crippen LogP contribution in [-0.2, 0) is 0 Å². The fraction of sp³-hybridized carbons (Fsp3) is 1.00. The first-order valence-corrected chi connectivity index (χ1v) is 5.60. The second-order valence-corrected chi connectivity index (χ2v) is 11.4. The van der Waals surface area contributed by atoms with Crippen molar-refractivity contribution in [2.45, 2.75) is 50.0 Å². The predicted molar refractivity (Wildman–Crippen MR) is 52.4 cm³/mol. The molecule has 11 heavy (non-hydrogen) atoms. The molecule has 0 aliphatic rings. The van der Waals surface area contributed by atoms with Crippen molar-refractivity contribution in [3.63, 3.8) is 0 Å². The second kappa shape index (κ2) is 5.17. The van der Waals surface area contributed by atoms with Gasteiger partial charge in [0.1, 0.15) is 0 Å². The van der Waals surface area contributed by atoms with E-state index in [1.54, 1.807) is 0 Å². The van der Waals surface area contributed by atoms with Crippen LogP contribution in [0.3, 0.4) is 0 Å². The van der Waals surface area contributed by atoms with Gasteiger partial charge in [-0.05, 0) is 0 Å². The first-order chi connectivity index (χ1) is 3.71. The van der Waals surface area contributed by atoms with E-state index < -0.39 is 0 Å². The number of hydrogen-bond acceptors (Lipinski definition) is 0. The van der Waals surface area contributed by atoms with E-state index in [9.17, 15) is 0 Å². The van der Waals surface area contributed by atoms with Gasteiger partial charge in [0, 0.05) is 0 Å². The Morgan fingerprint density at radius 1 is 0.636 bits per heavy atom. The van der Waals surface area contributed by atoms with Gasteiger partial charge in [-0.3, -0.25) is 0 Å². The summed E-state index contributed by atoms with van der Waals surface area (Å²) in [5, 5.41) is 0. The third-order valence-corrected chi connectivity index (χ3v) is 3.90. The van der Waals surface area contributed by atoms with Gasteiger partial charge in [0.15, 0.2) is 0 Å². The Bertz CT molecular complexity index is 77.2. The molecule has 0 amide bonds. The summed E-state index contributed by atoms with van der Waals surface area (Å²) in [5.74, 6) is 0. The van der Waals surface area contributed by atoms with E-state index in [1.165, 1.54) is 0 Å². The van der Waals surface area contributed by atoms with Gasteiger partial charge in [0.05, 0.1) is 0 Å². The van der Waals surface area contributed by atoms with Crippen LogP contribution in [0.2, 0.25) is 8.49 Å². The molecule has 0 aliphatic heterocycles. The zero-order valence-corrected chi connectivity index (χ0v) is 10.6. The third kappa shape index (κ3) is 17.9. The molecule has 0 spiro atoms. The van der Waals surface area contributed by atoms with E-state index in [4.69, 9.17) is 0 Å². The molecule has 0 saturated carbocycles. The monoisotopic (exact) mass is 224 g/mol. The number of rotatable bonds is 0. The van der Waals surface area contributed by atoms with E-state index in [0.29, 0.717) is 8.49 Å². The maximum absolute atomic E-state index is 2.35. The smallest absolute Gasteiger partial charge is 0.412 e. The second-order valence-electron chi connectivity index (χ2n) is 4.62. The van der Waals surface area contributed by atoms with Crippen molar-refractivity contribution < 1.29 is 11.0 Å². The zero-order valence-electron chi connectivity index (χ0n) is 8.50. The van der Waals surface area contributed by atoms with Crippen LogP contribution in [-0.4, -0.2) is 26.4 Å². The van der Waals surface area contributed by atoms with Crippen molar-refractivity contribution in [1.29, 1.82) is 0 Å². The van der Waals surface area contributed by atoms with E-state index in [-0.39, 0.29) is 26.4 Å². The summed E-state index contributed by atoms with van der Waals surface area (Å²) in [6.07, 6.45) is 0. The molecular formula is C8H22GeO2. The molecule has 0 aromatic heterocycles. The Hall–Kier alpha value is 0.463. The van der Waals surface area contributed by atoms with Gasteiger partial charge in [-0.2, -0.15) is 0 Å². The van der Waals surface area contributed by atoms with Crippen LogP contribution < -0.4 is 0 Å². The van der Waals surface area contributed by atoms with E-state index in [2.05, 4.69) is 41.5 Å². The summed E-state index contributed by atoms with van der Waals surface area (Å²) in [7, 11) is 0. The fourth-order valence-electron chi connectivity index (χ4n) is 1.12. The van der Waals surface area contributed by atoms with Crippen molar-refractivity contribution in [3.05, 3.63) is 0 Å². The molecule has 0 fully saturated rings. The molecule has 4 N–H and O–H groups in total. The first-order valence-electron chi connectivity index (χ1n) is 3.50. The molecule has 0 aliphatic carbocycles. The molecule has 2 nitrogen and oxygen atoms in total. The quantitative estimate of drug-likeness (QED) is 0.558. The summed E-state index contributed by atoms with van der Waals surface area (Å²) < 4.78 is 1.22. The minimum atomic E-state index is 0. The molecule has 70 valence electrons. The molecule has 3 heteroatoms. The van der Waals surface area contributed by atoms with Crippen molar-refractivity contribution in [3.8, 4) is 0 Å². The van der Waals surface area contributed by atoms with E-state index >= 15 is 0 Å². The molecule has 0 aromatic rings. The third-order valence-electron chi connectivity index (χ3n) is 0.750. The van der Waals surface area contributed by atoms with Crippen LogP contribution in [0.1, 0.15) is 41.5 Å². The Labute approximate surface area is 76.9 Å². The molecule has 0 rings (SSSR count). The van der Waals surface area contributed by atoms with Crippen LogP contribution >= 0.6 is 0 Å². The van der Waals surface area contributed by atoms with Crippen LogP contribution in [0, 0.1) is 0 Å². The van der Waals surface area contributed by atoms with E-state index in [1.807, 2.05) is 0 Å².